The highest BCUT2D eigenvalue weighted by Gasteiger charge is 2.58. The maximum absolute atomic E-state index is 11.6. The van der Waals surface area contributed by atoms with Gasteiger partial charge in [0.05, 0.1) is 7.11 Å². The lowest BCUT2D eigenvalue weighted by Crippen LogP contribution is -2.45. The summed E-state index contributed by atoms with van der Waals surface area (Å²) in [5.74, 6) is 3.37. The molecule has 1 aromatic carbocycles. The summed E-state index contributed by atoms with van der Waals surface area (Å²) < 4.78 is 11.2. The third-order valence-electron chi connectivity index (χ3n) is 7.46. The van der Waals surface area contributed by atoms with Crippen LogP contribution in [0.25, 0.3) is 0 Å². The molecular weight excluding hydrogens is 312 g/mol. The number of carbonyl (C=O) groups is 1. The molecule has 0 aromatic heterocycles. The minimum absolute atomic E-state index is 0.0909. The lowest BCUT2D eigenvalue weighted by Gasteiger charge is -2.50. The van der Waals surface area contributed by atoms with Crippen LogP contribution in [-0.4, -0.2) is 19.2 Å². The van der Waals surface area contributed by atoms with Crippen molar-refractivity contribution in [3.05, 3.63) is 29.3 Å². The first-order chi connectivity index (χ1) is 11.9. The van der Waals surface area contributed by atoms with E-state index in [0.717, 1.165) is 24.5 Å². The van der Waals surface area contributed by atoms with E-state index in [1.54, 1.807) is 19.6 Å². The van der Waals surface area contributed by atoms with Gasteiger partial charge in [0.2, 0.25) is 0 Å². The number of carbonyl (C=O) groups excluding carboxylic acids is 1. The fourth-order valence-electron chi connectivity index (χ4n) is 6.43. The van der Waals surface area contributed by atoms with E-state index < -0.39 is 0 Å². The second-order valence-corrected chi connectivity index (χ2v) is 8.77. The van der Waals surface area contributed by atoms with Gasteiger partial charge in [-0.3, -0.25) is 4.79 Å². The molecule has 0 unspecified atom stereocenters. The van der Waals surface area contributed by atoms with Gasteiger partial charge in [0, 0.05) is 12.3 Å². The van der Waals surface area contributed by atoms with Crippen LogP contribution in [0.3, 0.4) is 0 Å². The maximum atomic E-state index is 11.6. The first-order valence-electron chi connectivity index (χ1n) is 9.78. The highest BCUT2D eigenvalue weighted by Crippen LogP contribution is 2.62. The molecule has 25 heavy (non-hydrogen) atoms. The van der Waals surface area contributed by atoms with Crippen molar-refractivity contribution in [2.75, 3.05) is 7.11 Å². The van der Waals surface area contributed by atoms with Crippen LogP contribution in [0.15, 0.2) is 18.2 Å². The summed E-state index contributed by atoms with van der Waals surface area (Å²) in [4.78, 5) is 11.6. The normalized spacial score (nSPS) is 39.1. The Labute approximate surface area is 151 Å². The third-order valence-corrected chi connectivity index (χ3v) is 7.46. The zero-order chi connectivity index (χ0) is 17.8. The van der Waals surface area contributed by atoms with E-state index in [1.165, 1.54) is 24.8 Å². The highest BCUT2D eigenvalue weighted by molar-refractivity contribution is 5.66. The summed E-state index contributed by atoms with van der Waals surface area (Å²) in [5.41, 5.74) is 3.17. The van der Waals surface area contributed by atoms with Crippen molar-refractivity contribution in [1.82, 2.24) is 0 Å². The predicted molar refractivity (Wildman–Crippen MR) is 97.7 cm³/mol. The second kappa shape index (κ2) is 6.03. The molecule has 3 nitrogen and oxygen atoms in total. The minimum atomic E-state index is -0.123. The van der Waals surface area contributed by atoms with Crippen LogP contribution in [-0.2, 0) is 16.0 Å². The average Bonchev–Trinajstić information content (AvgIpc) is 2.85. The van der Waals surface area contributed by atoms with Crippen LogP contribution in [0.5, 0.6) is 5.75 Å². The van der Waals surface area contributed by atoms with Gasteiger partial charge in [0.15, 0.2) is 0 Å². The summed E-state index contributed by atoms with van der Waals surface area (Å²) >= 11 is 0. The van der Waals surface area contributed by atoms with Gasteiger partial charge in [-0.1, -0.05) is 19.9 Å². The molecule has 0 spiro atoms. The van der Waals surface area contributed by atoms with Gasteiger partial charge in [-0.25, -0.2) is 0 Å². The van der Waals surface area contributed by atoms with Crippen LogP contribution in [0.2, 0.25) is 0 Å². The Morgan fingerprint density at radius 3 is 2.80 bits per heavy atom. The summed E-state index contributed by atoms with van der Waals surface area (Å²) in [6, 6.07) is 6.65. The summed E-state index contributed by atoms with van der Waals surface area (Å²) in [6.07, 6.45) is 6.06. The number of hydrogen-bond acceptors (Lipinski definition) is 3. The van der Waals surface area contributed by atoms with E-state index in [2.05, 4.69) is 32.0 Å². The minimum Gasteiger partial charge on any atom is -0.497 e. The summed E-state index contributed by atoms with van der Waals surface area (Å²) in [6.45, 7) is 6.21. The summed E-state index contributed by atoms with van der Waals surface area (Å²) in [5, 5.41) is 0. The Balaban J connectivity index is 1.64. The molecule has 3 aliphatic rings. The standard InChI is InChI=1S/C22H30O3/c1-13-11-20-19-7-5-15-12-16(24-4)6-8-17(15)18(19)9-10-22(20,3)21(13)25-14(2)23/h6,8,12-13,18-21H,5,7,9-11H2,1-4H3/t13-,18-,19-,20+,21+,22+/m1/s1. The van der Waals surface area contributed by atoms with Gasteiger partial charge in [-0.15, -0.1) is 0 Å². The quantitative estimate of drug-likeness (QED) is 0.729. The molecule has 0 aliphatic heterocycles. The van der Waals surface area contributed by atoms with E-state index >= 15 is 0 Å². The monoisotopic (exact) mass is 342 g/mol. The molecule has 3 aliphatic carbocycles. The van der Waals surface area contributed by atoms with E-state index in [0.29, 0.717) is 17.8 Å². The van der Waals surface area contributed by atoms with E-state index in [-0.39, 0.29) is 17.5 Å². The molecule has 2 saturated carbocycles. The van der Waals surface area contributed by atoms with Crippen molar-refractivity contribution in [2.24, 2.45) is 23.2 Å². The van der Waals surface area contributed by atoms with Gasteiger partial charge in [0.25, 0.3) is 0 Å². The Kier molecular flexibility index (Phi) is 4.09. The number of hydrogen-bond donors (Lipinski definition) is 0. The number of methoxy groups -OCH3 is 1. The molecule has 0 saturated heterocycles. The summed E-state index contributed by atoms with van der Waals surface area (Å²) in [7, 11) is 1.74. The topological polar surface area (TPSA) is 35.5 Å². The molecular formula is C22H30O3. The smallest absolute Gasteiger partial charge is 0.302 e. The Morgan fingerprint density at radius 2 is 2.08 bits per heavy atom. The number of rotatable bonds is 2. The van der Waals surface area contributed by atoms with Crippen molar-refractivity contribution in [1.29, 1.82) is 0 Å². The van der Waals surface area contributed by atoms with Gasteiger partial charge in [0.1, 0.15) is 11.9 Å². The molecule has 0 heterocycles. The van der Waals surface area contributed by atoms with Gasteiger partial charge in [-0.05, 0) is 79.0 Å². The zero-order valence-corrected chi connectivity index (χ0v) is 15.9. The van der Waals surface area contributed by atoms with Crippen molar-refractivity contribution >= 4 is 5.97 Å². The third kappa shape index (κ3) is 2.58. The molecule has 0 N–H and O–H groups in total. The molecule has 0 amide bonds. The zero-order valence-electron chi connectivity index (χ0n) is 15.9. The highest BCUT2D eigenvalue weighted by atomic mass is 16.5. The van der Waals surface area contributed by atoms with Gasteiger partial charge in [-0.2, -0.15) is 0 Å². The van der Waals surface area contributed by atoms with Gasteiger partial charge >= 0.3 is 5.97 Å². The van der Waals surface area contributed by atoms with Crippen LogP contribution >= 0.6 is 0 Å². The molecule has 2 fully saturated rings. The van der Waals surface area contributed by atoms with Crippen molar-refractivity contribution in [3.8, 4) is 5.75 Å². The fourth-order valence-corrected chi connectivity index (χ4v) is 6.43. The molecule has 136 valence electrons. The van der Waals surface area contributed by atoms with Crippen molar-refractivity contribution in [2.45, 2.75) is 64.9 Å². The van der Waals surface area contributed by atoms with E-state index in [9.17, 15) is 4.79 Å². The lowest BCUT2D eigenvalue weighted by atomic mass is 9.55. The molecule has 6 atom stereocenters. The van der Waals surface area contributed by atoms with E-state index in [1.807, 2.05) is 0 Å². The Morgan fingerprint density at radius 1 is 1.28 bits per heavy atom. The second-order valence-electron chi connectivity index (χ2n) is 8.77. The molecule has 0 bridgehead atoms. The lowest BCUT2D eigenvalue weighted by molar-refractivity contribution is -0.157. The largest absolute Gasteiger partial charge is 0.497 e. The molecule has 1 aromatic rings. The first kappa shape index (κ1) is 16.9. The fraction of sp³-hybridized carbons (Fsp3) is 0.682. The number of aryl methyl sites for hydroxylation is 1. The Hall–Kier alpha value is -1.51. The molecule has 3 heteroatoms. The molecule has 4 rings (SSSR count). The van der Waals surface area contributed by atoms with E-state index in [4.69, 9.17) is 9.47 Å². The van der Waals surface area contributed by atoms with Crippen molar-refractivity contribution in [3.63, 3.8) is 0 Å². The SMILES string of the molecule is COc1ccc2c(c1)CC[C@@H]1[C@@H]2CC[C@@]2(C)[C@H]1C[C@@H](C)[C@@H]2OC(C)=O. The maximum Gasteiger partial charge on any atom is 0.302 e. The van der Waals surface area contributed by atoms with Crippen LogP contribution in [0, 0.1) is 23.2 Å². The van der Waals surface area contributed by atoms with Crippen LogP contribution < -0.4 is 4.74 Å². The number of fused-ring (bicyclic) bond motifs is 5. The first-order valence-corrected chi connectivity index (χ1v) is 9.78. The van der Waals surface area contributed by atoms with Crippen LogP contribution in [0.4, 0.5) is 0 Å². The number of esters is 1. The Bertz CT molecular complexity index is 682. The number of ether oxygens (including phenoxy) is 2. The van der Waals surface area contributed by atoms with Gasteiger partial charge < -0.3 is 9.47 Å². The average molecular weight is 342 g/mol. The van der Waals surface area contributed by atoms with Crippen LogP contribution in [0.1, 0.15) is 63.5 Å². The number of benzene rings is 1. The molecule has 0 radical (unpaired) electrons. The predicted octanol–water partition coefficient (Wildman–Crippen LogP) is 4.73. The van der Waals surface area contributed by atoms with Crippen molar-refractivity contribution < 1.29 is 14.3 Å².